The minimum atomic E-state index is -5.18. The van der Waals surface area contributed by atoms with Gasteiger partial charge in [0.15, 0.2) is 0 Å². The van der Waals surface area contributed by atoms with E-state index in [2.05, 4.69) is 0 Å². The highest BCUT2D eigenvalue weighted by molar-refractivity contribution is 5.99. The topological polar surface area (TPSA) is 126 Å². The van der Waals surface area contributed by atoms with Gasteiger partial charge in [0.25, 0.3) is 5.69 Å². The highest BCUT2D eigenvalue weighted by Crippen LogP contribution is 2.44. The van der Waals surface area contributed by atoms with Gasteiger partial charge >= 0.3 is 12.1 Å². The van der Waals surface area contributed by atoms with Gasteiger partial charge in [0.05, 0.1) is 10.4 Å². The summed E-state index contributed by atoms with van der Waals surface area (Å²) in [6.45, 7) is -1.53. The summed E-state index contributed by atoms with van der Waals surface area (Å²) in [5.41, 5.74) is -3.42. The number of aromatic nitrogens is 1. The molecule has 0 radical (unpaired) electrons. The first-order valence-electron chi connectivity index (χ1n) is 11.0. The Balaban J connectivity index is 1.82. The van der Waals surface area contributed by atoms with Gasteiger partial charge in [-0.1, -0.05) is 30.3 Å². The molecular formula is C24H22F3N3O6. The number of aliphatic hydroxyl groups is 1. The number of nitro groups is 1. The normalized spacial score (nSPS) is 18.8. The van der Waals surface area contributed by atoms with Crippen LogP contribution in [0.2, 0.25) is 0 Å². The lowest BCUT2D eigenvalue weighted by Gasteiger charge is -2.38. The number of fused-ring (bicyclic) bond motifs is 1. The molecule has 1 fully saturated rings. The van der Waals surface area contributed by atoms with E-state index in [4.69, 9.17) is 0 Å². The number of nitro benzene ring substituents is 1. The molecule has 0 bridgehead atoms. The van der Waals surface area contributed by atoms with Crippen LogP contribution in [0.1, 0.15) is 17.5 Å². The molecule has 1 aliphatic rings. The van der Waals surface area contributed by atoms with Crippen LogP contribution in [0.5, 0.6) is 0 Å². The number of carbonyl (C=O) groups excluding carboxylic acids is 1. The highest BCUT2D eigenvalue weighted by Gasteiger charge is 2.57. The van der Waals surface area contributed by atoms with Gasteiger partial charge in [-0.3, -0.25) is 24.6 Å². The number of halogens is 3. The molecule has 2 N–H and O–H groups in total. The number of carboxylic acids is 1. The van der Waals surface area contributed by atoms with Gasteiger partial charge in [-0.05, 0) is 11.6 Å². The number of hydrogen-bond acceptors (Lipinski definition) is 6. The molecule has 12 heteroatoms. The molecule has 1 aliphatic heterocycles. The number of non-ortho nitro benzene ring substituents is 1. The number of aliphatic carboxylic acids is 1. The number of alkyl halides is 3. The van der Waals surface area contributed by atoms with Crippen molar-refractivity contribution in [1.29, 1.82) is 0 Å². The van der Waals surface area contributed by atoms with Crippen LogP contribution in [-0.4, -0.2) is 62.2 Å². The zero-order valence-electron chi connectivity index (χ0n) is 18.8. The van der Waals surface area contributed by atoms with Gasteiger partial charge in [0, 0.05) is 61.9 Å². The third-order valence-electron chi connectivity index (χ3n) is 6.44. The van der Waals surface area contributed by atoms with E-state index >= 15 is 0 Å². The van der Waals surface area contributed by atoms with E-state index in [0.717, 1.165) is 28.8 Å². The number of hydrogen-bond donors (Lipinski definition) is 2. The second-order valence-electron chi connectivity index (χ2n) is 8.82. The number of carboxylic acid groups (broad SMARTS) is 1. The summed E-state index contributed by atoms with van der Waals surface area (Å²) in [4.78, 5) is 35.1. The van der Waals surface area contributed by atoms with Crippen molar-refractivity contribution < 1.29 is 37.9 Å². The van der Waals surface area contributed by atoms with E-state index in [-0.39, 0.29) is 36.1 Å². The van der Waals surface area contributed by atoms with Crippen molar-refractivity contribution in [2.45, 2.75) is 24.7 Å². The fourth-order valence-corrected chi connectivity index (χ4v) is 4.54. The third-order valence-corrected chi connectivity index (χ3v) is 6.44. The van der Waals surface area contributed by atoms with Crippen LogP contribution in [0.3, 0.4) is 0 Å². The molecule has 1 saturated heterocycles. The van der Waals surface area contributed by atoms with Crippen LogP contribution in [-0.2, 0) is 21.7 Å². The third kappa shape index (κ3) is 4.69. The number of carbonyl (C=O) groups is 2. The summed E-state index contributed by atoms with van der Waals surface area (Å²) in [5, 5.41) is 31.7. The lowest BCUT2D eigenvalue weighted by atomic mass is 9.89. The number of likely N-dealkylation sites (tertiary alicyclic amines) is 1. The number of benzene rings is 2. The van der Waals surface area contributed by atoms with Crippen molar-refractivity contribution >= 4 is 28.3 Å². The Morgan fingerprint density at radius 2 is 1.86 bits per heavy atom. The molecule has 2 heterocycles. The SMILES string of the molecule is O=C(O)C1CN(CC(O)(c2cn(Cc3ccccc3)c3cc([N+](=O)[O-])ccc23)C(F)(F)F)CCC1=O. The maximum Gasteiger partial charge on any atom is 0.422 e. The van der Waals surface area contributed by atoms with Crippen LogP contribution >= 0.6 is 0 Å². The van der Waals surface area contributed by atoms with Crippen molar-refractivity contribution in [2.24, 2.45) is 5.92 Å². The van der Waals surface area contributed by atoms with Gasteiger partial charge < -0.3 is 14.8 Å². The van der Waals surface area contributed by atoms with Gasteiger partial charge in [0.1, 0.15) is 11.7 Å². The Labute approximate surface area is 202 Å². The lowest BCUT2D eigenvalue weighted by Crippen LogP contribution is -2.54. The van der Waals surface area contributed by atoms with Crippen molar-refractivity contribution in [3.05, 3.63) is 76.0 Å². The first-order valence-corrected chi connectivity index (χ1v) is 11.0. The summed E-state index contributed by atoms with van der Waals surface area (Å²) >= 11 is 0. The predicted molar refractivity (Wildman–Crippen MR) is 121 cm³/mol. The zero-order valence-corrected chi connectivity index (χ0v) is 18.8. The van der Waals surface area contributed by atoms with Gasteiger partial charge in [-0.25, -0.2) is 0 Å². The summed E-state index contributed by atoms with van der Waals surface area (Å²) in [7, 11) is 0. The van der Waals surface area contributed by atoms with E-state index in [1.54, 1.807) is 30.3 Å². The van der Waals surface area contributed by atoms with Crippen LogP contribution in [0, 0.1) is 16.0 Å². The molecule has 36 heavy (non-hydrogen) atoms. The van der Waals surface area contributed by atoms with Crippen molar-refractivity contribution in [1.82, 2.24) is 9.47 Å². The average Bonchev–Trinajstić information content (AvgIpc) is 3.18. The summed E-state index contributed by atoms with van der Waals surface area (Å²) in [6.07, 6.45) is -4.31. The molecule has 0 spiro atoms. The molecule has 1 aromatic heterocycles. The van der Waals surface area contributed by atoms with Crippen molar-refractivity contribution in [3.8, 4) is 0 Å². The molecule has 2 unspecified atom stereocenters. The molecule has 2 aromatic carbocycles. The second kappa shape index (κ2) is 9.36. The Kier molecular flexibility index (Phi) is 6.58. The molecule has 3 aromatic rings. The molecule has 2 atom stereocenters. The summed E-state index contributed by atoms with van der Waals surface area (Å²) < 4.78 is 44.8. The lowest BCUT2D eigenvalue weighted by molar-refractivity contribution is -0.384. The van der Waals surface area contributed by atoms with E-state index < -0.39 is 53.0 Å². The van der Waals surface area contributed by atoms with Gasteiger partial charge in [0.2, 0.25) is 5.60 Å². The smallest absolute Gasteiger partial charge is 0.422 e. The Morgan fingerprint density at radius 3 is 2.47 bits per heavy atom. The van der Waals surface area contributed by atoms with Crippen LogP contribution in [0.25, 0.3) is 10.9 Å². The molecular weight excluding hydrogens is 483 g/mol. The Bertz CT molecular complexity index is 1320. The van der Waals surface area contributed by atoms with Crippen LogP contribution in [0.4, 0.5) is 18.9 Å². The number of Topliss-reactive ketones (excluding diaryl/α,β-unsaturated/α-hetero) is 1. The van der Waals surface area contributed by atoms with Crippen LogP contribution < -0.4 is 0 Å². The zero-order chi connectivity index (χ0) is 26.3. The first-order chi connectivity index (χ1) is 16.9. The summed E-state index contributed by atoms with van der Waals surface area (Å²) in [5.74, 6) is -3.51. The molecule has 4 rings (SSSR count). The molecule has 190 valence electrons. The number of piperidine rings is 1. The second-order valence-corrected chi connectivity index (χ2v) is 8.82. The fraction of sp³-hybridized carbons (Fsp3) is 0.333. The number of ketones is 1. The standard InChI is InChI=1S/C24H22F3N3O6/c25-24(26,27)23(34,14-28-9-8-21(31)18(12-28)22(32)33)19-13-29(11-15-4-2-1-3-5-15)20-10-16(30(35)36)6-7-17(19)20/h1-7,10,13,18,34H,8-9,11-12,14H2,(H,32,33). The van der Waals surface area contributed by atoms with Crippen molar-refractivity contribution in [3.63, 3.8) is 0 Å². The highest BCUT2D eigenvalue weighted by atomic mass is 19.4. The van der Waals surface area contributed by atoms with E-state index in [1.807, 2.05) is 0 Å². The van der Waals surface area contributed by atoms with E-state index in [0.29, 0.717) is 0 Å². The van der Waals surface area contributed by atoms with Gasteiger partial charge in [-0.2, -0.15) is 13.2 Å². The minimum absolute atomic E-state index is 0.0285. The maximum atomic E-state index is 14.5. The van der Waals surface area contributed by atoms with Gasteiger partial charge in [-0.15, -0.1) is 0 Å². The summed E-state index contributed by atoms with van der Waals surface area (Å²) in [6, 6.07) is 12.1. The number of nitrogens with zero attached hydrogens (tertiary/aromatic N) is 3. The molecule has 0 saturated carbocycles. The molecule has 9 nitrogen and oxygen atoms in total. The van der Waals surface area contributed by atoms with E-state index in [9.17, 15) is 43.1 Å². The average molecular weight is 505 g/mol. The molecule has 0 amide bonds. The quantitative estimate of drug-likeness (QED) is 0.287. The Morgan fingerprint density at radius 1 is 1.17 bits per heavy atom. The van der Waals surface area contributed by atoms with E-state index in [1.165, 1.54) is 10.6 Å². The molecule has 0 aliphatic carbocycles. The predicted octanol–water partition coefficient (Wildman–Crippen LogP) is 3.32. The number of β-amino-alcohol motifs (C(OH)–C–C–N with tert-alkyl or cyclic N) is 1. The maximum absolute atomic E-state index is 14.5. The number of rotatable bonds is 7. The largest absolute Gasteiger partial charge is 0.481 e. The first kappa shape index (κ1) is 25.3. The fourth-order valence-electron chi connectivity index (χ4n) is 4.54. The van der Waals surface area contributed by atoms with Crippen molar-refractivity contribution in [2.75, 3.05) is 19.6 Å². The minimum Gasteiger partial charge on any atom is -0.481 e. The monoisotopic (exact) mass is 505 g/mol. The van der Waals surface area contributed by atoms with Crippen LogP contribution in [0.15, 0.2) is 54.7 Å². The Hall–Kier alpha value is -3.77.